The highest BCUT2D eigenvalue weighted by Crippen LogP contribution is 2.15. The van der Waals surface area contributed by atoms with Gasteiger partial charge in [0.05, 0.1) is 12.0 Å². The van der Waals surface area contributed by atoms with Gasteiger partial charge in [-0.05, 0) is 50.5 Å². The molecule has 0 radical (unpaired) electrons. The number of carbonyl (C=O) groups is 2. The molecule has 1 aliphatic heterocycles. The Labute approximate surface area is 125 Å². The summed E-state index contributed by atoms with van der Waals surface area (Å²) in [6.07, 6.45) is 2.32. The van der Waals surface area contributed by atoms with E-state index in [1.54, 1.807) is 18.2 Å². The molecule has 114 valence electrons. The first-order valence-electron chi connectivity index (χ1n) is 7.32. The van der Waals surface area contributed by atoms with Crippen molar-refractivity contribution >= 4 is 11.9 Å². The van der Waals surface area contributed by atoms with Crippen LogP contribution in [0.2, 0.25) is 0 Å². The van der Waals surface area contributed by atoms with E-state index in [1.807, 2.05) is 0 Å². The summed E-state index contributed by atoms with van der Waals surface area (Å²) in [5, 5.41) is 12.0. The van der Waals surface area contributed by atoms with Crippen LogP contribution in [0.15, 0.2) is 24.3 Å². The van der Waals surface area contributed by atoms with Crippen molar-refractivity contribution in [3.8, 4) is 0 Å². The number of carboxylic acids is 1. The molecule has 0 saturated carbocycles. The zero-order chi connectivity index (χ0) is 15.2. The topological polar surface area (TPSA) is 69.6 Å². The van der Waals surface area contributed by atoms with Crippen molar-refractivity contribution in [1.82, 2.24) is 10.2 Å². The first kappa shape index (κ1) is 15.5. The number of piperidine rings is 1. The predicted molar refractivity (Wildman–Crippen MR) is 80.3 cm³/mol. The summed E-state index contributed by atoms with van der Waals surface area (Å²) in [6.45, 7) is 2.83. The Hall–Kier alpha value is -1.88. The normalized spacial score (nSPS) is 16.6. The van der Waals surface area contributed by atoms with Crippen molar-refractivity contribution < 1.29 is 14.7 Å². The van der Waals surface area contributed by atoms with Gasteiger partial charge < -0.3 is 15.3 Å². The Balaban J connectivity index is 1.83. The van der Waals surface area contributed by atoms with Crippen LogP contribution >= 0.6 is 0 Å². The van der Waals surface area contributed by atoms with Crippen LogP contribution in [-0.2, 0) is 11.2 Å². The number of nitrogens with zero attached hydrogens (tertiary/aromatic N) is 1. The van der Waals surface area contributed by atoms with Gasteiger partial charge in [0.1, 0.15) is 0 Å². The van der Waals surface area contributed by atoms with Gasteiger partial charge in [0, 0.05) is 6.54 Å². The smallest absolute Gasteiger partial charge is 0.335 e. The average molecular weight is 290 g/mol. The molecule has 2 rings (SSSR count). The van der Waals surface area contributed by atoms with Crippen molar-refractivity contribution in [1.29, 1.82) is 0 Å². The van der Waals surface area contributed by atoms with Gasteiger partial charge in [-0.3, -0.25) is 4.79 Å². The number of likely N-dealkylation sites (tertiary alicyclic amines) is 1. The van der Waals surface area contributed by atoms with Gasteiger partial charge in [0.2, 0.25) is 5.91 Å². The third kappa shape index (κ3) is 4.56. The zero-order valence-corrected chi connectivity index (χ0v) is 12.3. The number of aromatic carboxylic acids is 1. The van der Waals surface area contributed by atoms with Crippen LogP contribution in [0.25, 0.3) is 0 Å². The summed E-state index contributed by atoms with van der Waals surface area (Å²) in [6, 6.07) is 6.65. The van der Waals surface area contributed by atoms with Gasteiger partial charge in [-0.25, -0.2) is 4.79 Å². The highest BCUT2D eigenvalue weighted by atomic mass is 16.4. The fourth-order valence-electron chi connectivity index (χ4n) is 2.64. The summed E-state index contributed by atoms with van der Waals surface area (Å²) in [5.74, 6) is -0.573. The van der Waals surface area contributed by atoms with E-state index in [2.05, 4.69) is 17.3 Å². The minimum Gasteiger partial charge on any atom is -0.478 e. The van der Waals surface area contributed by atoms with Gasteiger partial charge >= 0.3 is 5.97 Å². The number of amides is 1. The number of hydrogen-bond donors (Lipinski definition) is 2. The fraction of sp³-hybridized carbons (Fsp3) is 0.500. The molecular weight excluding hydrogens is 268 g/mol. The minimum atomic E-state index is -0.992. The number of benzene rings is 1. The third-order valence-electron chi connectivity index (χ3n) is 4.02. The number of nitrogens with one attached hydrogen (secondary N) is 1. The van der Waals surface area contributed by atoms with E-state index in [9.17, 15) is 9.59 Å². The molecule has 5 heteroatoms. The van der Waals surface area contributed by atoms with Crippen molar-refractivity contribution in [2.45, 2.75) is 19.3 Å². The van der Waals surface area contributed by atoms with Crippen LogP contribution in [0.4, 0.5) is 0 Å². The van der Waals surface area contributed by atoms with Crippen LogP contribution in [0.3, 0.4) is 0 Å². The lowest BCUT2D eigenvalue weighted by molar-refractivity contribution is -0.120. The van der Waals surface area contributed by atoms with Crippen LogP contribution < -0.4 is 5.32 Å². The van der Waals surface area contributed by atoms with Crippen LogP contribution in [-0.4, -0.2) is 48.6 Å². The lowest BCUT2D eigenvalue weighted by Gasteiger charge is -2.28. The second-order valence-electron chi connectivity index (χ2n) is 5.69. The molecule has 21 heavy (non-hydrogen) atoms. The summed E-state index contributed by atoms with van der Waals surface area (Å²) in [5.41, 5.74) is 0.762. The number of rotatable bonds is 5. The van der Waals surface area contributed by atoms with Gasteiger partial charge in [-0.15, -0.1) is 0 Å². The van der Waals surface area contributed by atoms with Crippen molar-refractivity contribution in [2.24, 2.45) is 5.92 Å². The first-order chi connectivity index (χ1) is 10.1. The van der Waals surface area contributed by atoms with E-state index in [0.29, 0.717) is 18.0 Å². The second-order valence-corrected chi connectivity index (χ2v) is 5.69. The number of carbonyl (C=O) groups excluding carboxylic acids is 1. The number of hydrogen-bond acceptors (Lipinski definition) is 3. The molecule has 0 aromatic heterocycles. The van der Waals surface area contributed by atoms with Gasteiger partial charge in [0.25, 0.3) is 0 Å². The Morgan fingerprint density at radius 2 is 1.95 bits per heavy atom. The molecule has 0 unspecified atom stereocenters. The Morgan fingerprint density at radius 1 is 1.29 bits per heavy atom. The average Bonchev–Trinajstić information content (AvgIpc) is 2.47. The molecule has 1 aliphatic rings. The second kappa shape index (κ2) is 7.22. The van der Waals surface area contributed by atoms with Crippen LogP contribution in [0.1, 0.15) is 28.8 Å². The van der Waals surface area contributed by atoms with Gasteiger partial charge in [-0.2, -0.15) is 0 Å². The van der Waals surface area contributed by atoms with E-state index < -0.39 is 5.97 Å². The quantitative estimate of drug-likeness (QED) is 0.859. The summed E-state index contributed by atoms with van der Waals surface area (Å²) in [4.78, 5) is 25.4. The van der Waals surface area contributed by atoms with Gasteiger partial charge in [0.15, 0.2) is 0 Å². The molecule has 1 fully saturated rings. The van der Waals surface area contributed by atoms with E-state index in [0.717, 1.165) is 25.9 Å². The van der Waals surface area contributed by atoms with E-state index in [-0.39, 0.29) is 17.9 Å². The summed E-state index contributed by atoms with van der Waals surface area (Å²) >= 11 is 0. The zero-order valence-electron chi connectivity index (χ0n) is 12.3. The minimum absolute atomic E-state index is 0.109. The maximum absolute atomic E-state index is 12.0. The molecule has 1 amide bonds. The Kier molecular flexibility index (Phi) is 5.33. The molecule has 1 aromatic rings. The Morgan fingerprint density at radius 3 is 2.62 bits per heavy atom. The molecule has 0 atom stereocenters. The largest absolute Gasteiger partial charge is 0.478 e. The fourth-order valence-corrected chi connectivity index (χ4v) is 2.64. The molecule has 1 heterocycles. The van der Waals surface area contributed by atoms with Crippen molar-refractivity contribution in [3.63, 3.8) is 0 Å². The third-order valence-corrected chi connectivity index (χ3v) is 4.02. The molecule has 5 nitrogen and oxygen atoms in total. The summed E-state index contributed by atoms with van der Waals surface area (Å²) in [7, 11) is 2.11. The van der Waals surface area contributed by atoms with E-state index in [4.69, 9.17) is 5.11 Å². The molecule has 1 aromatic carbocycles. The first-order valence-corrected chi connectivity index (χ1v) is 7.32. The van der Waals surface area contributed by atoms with E-state index >= 15 is 0 Å². The maximum atomic E-state index is 12.0. The van der Waals surface area contributed by atoms with Crippen molar-refractivity contribution in [2.75, 3.05) is 26.7 Å². The van der Waals surface area contributed by atoms with Crippen molar-refractivity contribution in [3.05, 3.63) is 35.4 Å². The molecule has 1 saturated heterocycles. The molecular formula is C16H22N2O3. The van der Waals surface area contributed by atoms with Crippen LogP contribution in [0, 0.1) is 5.92 Å². The Bertz CT molecular complexity index is 508. The molecule has 0 aliphatic carbocycles. The van der Waals surface area contributed by atoms with Gasteiger partial charge in [-0.1, -0.05) is 18.2 Å². The molecule has 2 N–H and O–H groups in total. The number of carboxylic acid groups (broad SMARTS) is 1. The monoisotopic (exact) mass is 290 g/mol. The lowest BCUT2D eigenvalue weighted by Crippen LogP contribution is -2.37. The highest BCUT2D eigenvalue weighted by Gasteiger charge is 2.18. The maximum Gasteiger partial charge on any atom is 0.335 e. The predicted octanol–water partition coefficient (Wildman–Crippen LogP) is 1.39. The lowest BCUT2D eigenvalue weighted by atomic mass is 9.97. The summed E-state index contributed by atoms with van der Waals surface area (Å²) < 4.78 is 0. The standard InChI is InChI=1S/C16H22N2O3/c1-18-8-6-12(7-9-18)11-17-15(19)10-13-4-2-3-5-14(13)16(20)21/h2-5,12H,6-11H2,1H3,(H,17,19)(H,20,21). The molecule has 0 spiro atoms. The SMILES string of the molecule is CN1CCC(CNC(=O)Cc2ccccc2C(=O)O)CC1. The van der Waals surface area contributed by atoms with E-state index in [1.165, 1.54) is 6.07 Å². The van der Waals surface area contributed by atoms with Crippen LogP contribution in [0.5, 0.6) is 0 Å². The highest BCUT2D eigenvalue weighted by molar-refractivity contribution is 5.91. The molecule has 0 bridgehead atoms.